The number of rotatable bonds is 3. The van der Waals surface area contributed by atoms with Gasteiger partial charge in [0.05, 0.1) is 0 Å². The summed E-state index contributed by atoms with van der Waals surface area (Å²) in [4.78, 5) is 12.4. The van der Waals surface area contributed by atoms with E-state index >= 15 is 0 Å². The van der Waals surface area contributed by atoms with Crippen LogP contribution in [0.2, 0.25) is 0 Å². The Bertz CT molecular complexity index is 647. The molecule has 0 radical (unpaired) electrons. The highest BCUT2D eigenvalue weighted by Gasteiger charge is 2.16. The zero-order valence-electron chi connectivity index (χ0n) is 13.9. The van der Waals surface area contributed by atoms with E-state index in [2.05, 4.69) is 15.5 Å². The largest absolute Gasteiger partial charge is 0.349 e. The molecule has 1 N–H and O–H groups in total. The van der Waals surface area contributed by atoms with E-state index in [-0.39, 0.29) is 5.91 Å². The standard InChI is InChI=1S/C18H24N4O/c1-13-20-21-14(2)22(13)17-11-9-15(10-12-17)18(23)19-16-7-5-3-4-6-8-16/h9-12,16H,3-8H2,1-2H3,(H,19,23). The summed E-state index contributed by atoms with van der Waals surface area (Å²) in [6.07, 6.45) is 7.22. The van der Waals surface area contributed by atoms with Gasteiger partial charge in [-0.15, -0.1) is 10.2 Å². The molecule has 0 atom stereocenters. The summed E-state index contributed by atoms with van der Waals surface area (Å²) in [6, 6.07) is 7.98. The van der Waals surface area contributed by atoms with Gasteiger partial charge in [-0.3, -0.25) is 9.36 Å². The summed E-state index contributed by atoms with van der Waals surface area (Å²) in [5.41, 5.74) is 1.69. The summed E-state index contributed by atoms with van der Waals surface area (Å²) in [5, 5.41) is 11.3. The highest BCUT2D eigenvalue weighted by Crippen LogP contribution is 2.18. The molecule has 1 fully saturated rings. The molecule has 0 unspecified atom stereocenters. The lowest BCUT2D eigenvalue weighted by Gasteiger charge is -2.16. The predicted molar refractivity (Wildman–Crippen MR) is 89.8 cm³/mol. The van der Waals surface area contributed by atoms with Gasteiger partial charge in [-0.1, -0.05) is 25.7 Å². The smallest absolute Gasteiger partial charge is 0.251 e. The van der Waals surface area contributed by atoms with Crippen LogP contribution in [0.15, 0.2) is 24.3 Å². The topological polar surface area (TPSA) is 59.8 Å². The second-order valence-electron chi connectivity index (χ2n) is 6.34. The van der Waals surface area contributed by atoms with Crippen LogP contribution in [0, 0.1) is 13.8 Å². The van der Waals surface area contributed by atoms with Crippen molar-refractivity contribution in [3.05, 3.63) is 41.5 Å². The Balaban J connectivity index is 1.70. The minimum absolute atomic E-state index is 0.0284. The van der Waals surface area contributed by atoms with Crippen molar-refractivity contribution < 1.29 is 4.79 Å². The van der Waals surface area contributed by atoms with Gasteiger partial charge in [0.25, 0.3) is 5.91 Å². The molecule has 2 aromatic rings. The van der Waals surface area contributed by atoms with Crippen LogP contribution in [-0.4, -0.2) is 26.7 Å². The number of hydrogen-bond acceptors (Lipinski definition) is 3. The number of aryl methyl sites for hydroxylation is 2. The van der Waals surface area contributed by atoms with Crippen molar-refractivity contribution in [1.82, 2.24) is 20.1 Å². The maximum atomic E-state index is 12.4. The van der Waals surface area contributed by atoms with Crippen LogP contribution < -0.4 is 5.32 Å². The van der Waals surface area contributed by atoms with Gasteiger partial charge in [0.2, 0.25) is 0 Å². The highest BCUT2D eigenvalue weighted by molar-refractivity contribution is 5.94. The van der Waals surface area contributed by atoms with Crippen LogP contribution in [0.1, 0.15) is 60.5 Å². The van der Waals surface area contributed by atoms with Crippen LogP contribution in [0.3, 0.4) is 0 Å². The van der Waals surface area contributed by atoms with Crippen molar-refractivity contribution in [2.45, 2.75) is 58.4 Å². The normalized spacial score (nSPS) is 16.1. The highest BCUT2D eigenvalue weighted by atomic mass is 16.1. The van der Waals surface area contributed by atoms with Crippen LogP contribution in [-0.2, 0) is 0 Å². The number of hydrogen-bond donors (Lipinski definition) is 1. The summed E-state index contributed by atoms with van der Waals surface area (Å²) in [5.74, 6) is 1.72. The number of amides is 1. The summed E-state index contributed by atoms with van der Waals surface area (Å²) < 4.78 is 1.98. The van der Waals surface area contributed by atoms with E-state index in [1.165, 1.54) is 25.7 Å². The first-order chi connectivity index (χ1) is 11.1. The third-order valence-electron chi connectivity index (χ3n) is 4.56. The maximum Gasteiger partial charge on any atom is 0.251 e. The van der Waals surface area contributed by atoms with E-state index in [1.54, 1.807) is 0 Å². The quantitative estimate of drug-likeness (QED) is 0.884. The number of aromatic nitrogens is 3. The average molecular weight is 312 g/mol. The Kier molecular flexibility index (Phi) is 4.74. The molecule has 122 valence electrons. The van der Waals surface area contributed by atoms with Crippen molar-refractivity contribution in [3.63, 3.8) is 0 Å². The number of carbonyl (C=O) groups is 1. The Labute approximate surface area is 137 Å². The fourth-order valence-electron chi connectivity index (χ4n) is 3.30. The van der Waals surface area contributed by atoms with Crippen molar-refractivity contribution in [1.29, 1.82) is 0 Å². The number of nitrogens with one attached hydrogen (secondary N) is 1. The van der Waals surface area contributed by atoms with Crippen molar-refractivity contribution >= 4 is 5.91 Å². The van der Waals surface area contributed by atoms with Gasteiger partial charge in [0.1, 0.15) is 11.6 Å². The molecule has 1 aliphatic rings. The van der Waals surface area contributed by atoms with Gasteiger partial charge in [0, 0.05) is 17.3 Å². The molecule has 0 aliphatic heterocycles. The van der Waals surface area contributed by atoms with Gasteiger partial charge in [-0.05, 0) is 51.0 Å². The number of benzene rings is 1. The van der Waals surface area contributed by atoms with Crippen molar-refractivity contribution in [2.75, 3.05) is 0 Å². The van der Waals surface area contributed by atoms with Gasteiger partial charge >= 0.3 is 0 Å². The van der Waals surface area contributed by atoms with Crippen molar-refractivity contribution in [2.24, 2.45) is 0 Å². The molecule has 1 aromatic carbocycles. The molecular formula is C18H24N4O. The molecule has 3 rings (SSSR count). The van der Waals surface area contributed by atoms with Crippen molar-refractivity contribution in [3.8, 4) is 5.69 Å². The first kappa shape index (κ1) is 15.7. The molecule has 1 aromatic heterocycles. The Morgan fingerprint density at radius 1 is 1.00 bits per heavy atom. The fourth-order valence-corrected chi connectivity index (χ4v) is 3.30. The van der Waals surface area contributed by atoms with Crippen LogP contribution in [0.4, 0.5) is 0 Å². The number of nitrogens with zero attached hydrogens (tertiary/aromatic N) is 3. The molecule has 23 heavy (non-hydrogen) atoms. The van der Waals surface area contributed by atoms with E-state index in [9.17, 15) is 4.79 Å². The lowest BCUT2D eigenvalue weighted by Crippen LogP contribution is -2.34. The zero-order chi connectivity index (χ0) is 16.2. The zero-order valence-corrected chi connectivity index (χ0v) is 13.9. The van der Waals surface area contributed by atoms with Gasteiger partial charge in [-0.25, -0.2) is 0 Å². The Hall–Kier alpha value is -2.17. The van der Waals surface area contributed by atoms with E-state index in [1.807, 2.05) is 42.7 Å². The lowest BCUT2D eigenvalue weighted by molar-refractivity contribution is 0.0933. The fraction of sp³-hybridized carbons (Fsp3) is 0.500. The molecule has 1 saturated carbocycles. The summed E-state index contributed by atoms with van der Waals surface area (Å²) in [6.45, 7) is 3.85. The van der Waals surface area contributed by atoms with Gasteiger partial charge in [-0.2, -0.15) is 0 Å². The SMILES string of the molecule is Cc1nnc(C)n1-c1ccc(C(=O)NC2CCCCCC2)cc1. The molecule has 1 amide bonds. The van der Waals surface area contributed by atoms with Crippen LogP contribution >= 0.6 is 0 Å². The maximum absolute atomic E-state index is 12.4. The molecule has 1 aliphatic carbocycles. The molecular weight excluding hydrogens is 288 g/mol. The third kappa shape index (κ3) is 3.60. The molecule has 1 heterocycles. The van der Waals surface area contributed by atoms with Crippen LogP contribution in [0.25, 0.3) is 5.69 Å². The molecule has 5 nitrogen and oxygen atoms in total. The predicted octanol–water partition coefficient (Wildman–Crippen LogP) is 3.34. The minimum Gasteiger partial charge on any atom is -0.349 e. The second-order valence-corrected chi connectivity index (χ2v) is 6.34. The first-order valence-corrected chi connectivity index (χ1v) is 8.45. The van der Waals surface area contributed by atoms with E-state index in [0.29, 0.717) is 11.6 Å². The minimum atomic E-state index is 0.0284. The lowest BCUT2D eigenvalue weighted by atomic mass is 10.1. The Morgan fingerprint density at radius 3 is 2.13 bits per heavy atom. The monoisotopic (exact) mass is 312 g/mol. The summed E-state index contributed by atoms with van der Waals surface area (Å²) in [7, 11) is 0. The van der Waals surface area contributed by atoms with E-state index < -0.39 is 0 Å². The van der Waals surface area contributed by atoms with E-state index in [0.717, 1.165) is 30.2 Å². The third-order valence-corrected chi connectivity index (χ3v) is 4.56. The molecule has 5 heteroatoms. The van der Waals surface area contributed by atoms with Gasteiger partial charge in [0.15, 0.2) is 0 Å². The van der Waals surface area contributed by atoms with Gasteiger partial charge < -0.3 is 5.32 Å². The molecule has 0 spiro atoms. The average Bonchev–Trinajstić information content (AvgIpc) is 2.76. The first-order valence-electron chi connectivity index (χ1n) is 8.45. The number of carbonyl (C=O) groups excluding carboxylic acids is 1. The molecule has 0 bridgehead atoms. The van der Waals surface area contributed by atoms with Crippen LogP contribution in [0.5, 0.6) is 0 Å². The molecule has 0 saturated heterocycles. The Morgan fingerprint density at radius 2 is 1.57 bits per heavy atom. The summed E-state index contributed by atoms with van der Waals surface area (Å²) >= 11 is 0. The van der Waals surface area contributed by atoms with E-state index in [4.69, 9.17) is 0 Å². The second kappa shape index (κ2) is 6.94.